The zero-order valence-electron chi connectivity index (χ0n) is 10.3. The number of nitrogens with one attached hydrogen (secondary N) is 1. The third kappa shape index (κ3) is 3.65. The van der Waals surface area contributed by atoms with Crippen LogP contribution in [0, 0.1) is 0 Å². The van der Waals surface area contributed by atoms with Crippen molar-refractivity contribution in [2.45, 2.75) is 12.5 Å². The van der Waals surface area contributed by atoms with Crippen LogP contribution in [0.5, 0.6) is 0 Å². The molecule has 94 valence electrons. The average molecular weight is 242 g/mol. The molecule has 1 atom stereocenters. The summed E-state index contributed by atoms with van der Waals surface area (Å²) in [6, 6.07) is 14.0. The first kappa shape index (κ1) is 12.7. The fraction of sp³-hybridized carbons (Fsp3) is 0.267. The fourth-order valence-corrected chi connectivity index (χ4v) is 1.91. The van der Waals surface area contributed by atoms with Crippen LogP contribution in [0.4, 0.5) is 0 Å². The van der Waals surface area contributed by atoms with Crippen molar-refractivity contribution in [1.29, 1.82) is 0 Å². The minimum absolute atomic E-state index is 0.00266. The molecule has 2 N–H and O–H groups in total. The fourth-order valence-electron chi connectivity index (χ4n) is 1.91. The third-order valence-corrected chi connectivity index (χ3v) is 2.91. The van der Waals surface area contributed by atoms with Crippen molar-refractivity contribution in [2.24, 2.45) is 0 Å². The van der Waals surface area contributed by atoms with Gasteiger partial charge in [-0.25, -0.2) is 0 Å². The van der Waals surface area contributed by atoms with Gasteiger partial charge in [0, 0.05) is 12.4 Å². The summed E-state index contributed by atoms with van der Waals surface area (Å²) in [4.78, 5) is 4.08. The Morgan fingerprint density at radius 2 is 1.94 bits per heavy atom. The summed E-state index contributed by atoms with van der Waals surface area (Å²) in [7, 11) is 0. The molecule has 0 saturated carbocycles. The van der Waals surface area contributed by atoms with Gasteiger partial charge in [-0.05, 0) is 30.2 Å². The molecule has 0 radical (unpaired) electrons. The lowest BCUT2D eigenvalue weighted by atomic mass is 10.1. The normalized spacial score (nSPS) is 12.3. The van der Waals surface area contributed by atoms with Gasteiger partial charge in [0.2, 0.25) is 0 Å². The van der Waals surface area contributed by atoms with Crippen molar-refractivity contribution in [3.8, 4) is 0 Å². The van der Waals surface area contributed by atoms with E-state index in [0.717, 1.165) is 18.5 Å². The zero-order valence-corrected chi connectivity index (χ0v) is 10.3. The maximum absolute atomic E-state index is 9.40. The Bertz CT molecular complexity index is 445. The van der Waals surface area contributed by atoms with E-state index in [4.69, 9.17) is 0 Å². The minimum Gasteiger partial charge on any atom is -0.394 e. The van der Waals surface area contributed by atoms with Gasteiger partial charge >= 0.3 is 0 Å². The van der Waals surface area contributed by atoms with E-state index in [1.54, 1.807) is 6.20 Å². The molecule has 0 bridgehead atoms. The Morgan fingerprint density at radius 3 is 2.61 bits per heavy atom. The third-order valence-electron chi connectivity index (χ3n) is 2.91. The number of aliphatic hydroxyl groups is 1. The van der Waals surface area contributed by atoms with E-state index in [2.05, 4.69) is 16.4 Å². The molecule has 1 aromatic carbocycles. The maximum atomic E-state index is 9.40. The van der Waals surface area contributed by atoms with Gasteiger partial charge in [-0.3, -0.25) is 4.98 Å². The molecule has 0 aliphatic carbocycles. The molecule has 3 nitrogen and oxygen atoms in total. The number of rotatable bonds is 6. The van der Waals surface area contributed by atoms with E-state index in [9.17, 15) is 5.11 Å². The molecule has 2 rings (SSSR count). The smallest absolute Gasteiger partial charge is 0.0626 e. The molecule has 0 spiro atoms. The Morgan fingerprint density at radius 1 is 1.11 bits per heavy atom. The highest BCUT2D eigenvalue weighted by Crippen LogP contribution is 2.11. The van der Waals surface area contributed by atoms with Gasteiger partial charge in [-0.1, -0.05) is 36.4 Å². The number of aromatic nitrogens is 1. The van der Waals surface area contributed by atoms with Crippen molar-refractivity contribution < 1.29 is 5.11 Å². The Kier molecular flexibility index (Phi) is 4.88. The van der Waals surface area contributed by atoms with E-state index in [-0.39, 0.29) is 12.6 Å². The van der Waals surface area contributed by atoms with Crippen molar-refractivity contribution in [2.75, 3.05) is 13.2 Å². The molecule has 0 saturated heterocycles. The van der Waals surface area contributed by atoms with Crippen LogP contribution >= 0.6 is 0 Å². The number of hydrogen-bond acceptors (Lipinski definition) is 3. The minimum atomic E-state index is 0.00266. The number of pyridine rings is 1. The number of benzene rings is 1. The van der Waals surface area contributed by atoms with Crippen LogP contribution in [0.15, 0.2) is 54.9 Å². The average Bonchev–Trinajstić information content (AvgIpc) is 2.46. The second kappa shape index (κ2) is 6.89. The molecule has 0 aliphatic rings. The first-order valence-corrected chi connectivity index (χ1v) is 6.18. The van der Waals surface area contributed by atoms with Crippen LogP contribution in [0.1, 0.15) is 17.2 Å². The Balaban J connectivity index is 1.85. The van der Waals surface area contributed by atoms with Gasteiger partial charge in [-0.15, -0.1) is 0 Å². The lowest BCUT2D eigenvalue weighted by Gasteiger charge is -2.16. The summed E-state index contributed by atoms with van der Waals surface area (Å²) in [5.41, 5.74) is 2.32. The van der Waals surface area contributed by atoms with Gasteiger partial charge in [0.15, 0.2) is 0 Å². The van der Waals surface area contributed by atoms with Gasteiger partial charge in [0.1, 0.15) is 0 Å². The number of nitrogens with zero attached hydrogens (tertiary/aromatic N) is 1. The van der Waals surface area contributed by atoms with Gasteiger partial charge in [0.25, 0.3) is 0 Å². The summed E-state index contributed by atoms with van der Waals surface area (Å²) in [6.45, 7) is 0.933. The lowest BCUT2D eigenvalue weighted by Crippen LogP contribution is -2.26. The van der Waals surface area contributed by atoms with Crippen molar-refractivity contribution >= 4 is 0 Å². The largest absolute Gasteiger partial charge is 0.394 e. The molecule has 2 aromatic rings. The van der Waals surface area contributed by atoms with E-state index < -0.39 is 0 Å². The van der Waals surface area contributed by atoms with Gasteiger partial charge in [0.05, 0.1) is 12.6 Å². The predicted octanol–water partition coefficient (Wildman–Crippen LogP) is 1.95. The highest BCUT2D eigenvalue weighted by Gasteiger charge is 2.08. The quantitative estimate of drug-likeness (QED) is 0.813. The summed E-state index contributed by atoms with van der Waals surface area (Å²) in [6.07, 6.45) is 4.56. The molecule has 0 amide bonds. The molecule has 18 heavy (non-hydrogen) atoms. The molecule has 0 fully saturated rings. The van der Waals surface area contributed by atoms with E-state index in [1.807, 2.05) is 42.6 Å². The van der Waals surface area contributed by atoms with E-state index in [0.29, 0.717) is 0 Å². The molecule has 1 heterocycles. The second-order valence-corrected chi connectivity index (χ2v) is 4.21. The molecular weight excluding hydrogens is 224 g/mol. The van der Waals surface area contributed by atoms with E-state index in [1.165, 1.54) is 5.56 Å². The highest BCUT2D eigenvalue weighted by molar-refractivity contribution is 5.19. The van der Waals surface area contributed by atoms with Crippen LogP contribution < -0.4 is 5.32 Å². The van der Waals surface area contributed by atoms with E-state index >= 15 is 0 Å². The Hall–Kier alpha value is -1.71. The van der Waals surface area contributed by atoms with Crippen molar-refractivity contribution in [3.05, 3.63) is 66.0 Å². The molecule has 1 aromatic heterocycles. The van der Waals surface area contributed by atoms with Crippen LogP contribution in [-0.2, 0) is 6.42 Å². The highest BCUT2D eigenvalue weighted by atomic mass is 16.3. The van der Waals surface area contributed by atoms with Crippen LogP contribution in [0.2, 0.25) is 0 Å². The topological polar surface area (TPSA) is 45.1 Å². The van der Waals surface area contributed by atoms with Crippen LogP contribution in [0.25, 0.3) is 0 Å². The van der Waals surface area contributed by atoms with Gasteiger partial charge < -0.3 is 10.4 Å². The number of aliphatic hydroxyl groups excluding tert-OH is 1. The lowest BCUT2D eigenvalue weighted by molar-refractivity contribution is 0.245. The molecule has 0 aliphatic heterocycles. The summed E-state index contributed by atoms with van der Waals surface area (Å²) in [5.74, 6) is 0. The zero-order chi connectivity index (χ0) is 12.6. The van der Waals surface area contributed by atoms with Crippen LogP contribution in [0.3, 0.4) is 0 Å². The molecule has 3 heteroatoms. The number of hydrogen-bond donors (Lipinski definition) is 2. The van der Waals surface area contributed by atoms with Crippen LogP contribution in [-0.4, -0.2) is 23.2 Å². The summed E-state index contributed by atoms with van der Waals surface area (Å²) >= 11 is 0. The predicted molar refractivity (Wildman–Crippen MR) is 72.2 cm³/mol. The molecular formula is C15H18N2O. The Labute approximate surface area is 108 Å². The maximum Gasteiger partial charge on any atom is 0.0626 e. The van der Waals surface area contributed by atoms with Crippen molar-refractivity contribution in [3.63, 3.8) is 0 Å². The second-order valence-electron chi connectivity index (χ2n) is 4.21. The summed E-state index contributed by atoms with van der Waals surface area (Å²) < 4.78 is 0. The summed E-state index contributed by atoms with van der Waals surface area (Å²) in [5, 5.41) is 12.8. The molecule has 1 unspecified atom stereocenters. The van der Waals surface area contributed by atoms with Crippen molar-refractivity contribution in [1.82, 2.24) is 10.3 Å². The standard InChI is InChI=1S/C15H18N2O/c18-12-15(14-6-2-1-3-7-14)17-10-8-13-5-4-9-16-11-13/h1-7,9,11,15,17-18H,8,10,12H2. The first-order valence-electron chi connectivity index (χ1n) is 6.18. The SMILES string of the molecule is OCC(NCCc1cccnc1)c1ccccc1. The van der Waals surface area contributed by atoms with Gasteiger partial charge in [-0.2, -0.15) is 0 Å². The monoisotopic (exact) mass is 242 g/mol. The first-order chi connectivity index (χ1) is 8.90.